The van der Waals surface area contributed by atoms with Gasteiger partial charge in [0.05, 0.1) is 5.75 Å². The third-order valence-electron chi connectivity index (χ3n) is 5.44. The Labute approximate surface area is 211 Å². The van der Waals surface area contributed by atoms with Crippen molar-refractivity contribution >= 4 is 62.4 Å². The topological polar surface area (TPSA) is 99.1 Å². The lowest BCUT2D eigenvalue weighted by molar-refractivity contribution is 0.563. The van der Waals surface area contributed by atoms with Crippen LogP contribution in [0.5, 0.6) is 0 Å². The van der Waals surface area contributed by atoms with Gasteiger partial charge in [0, 0.05) is 34.0 Å². The second-order valence-corrected chi connectivity index (χ2v) is 11.2. The number of aromatic nitrogens is 6. The molecule has 0 spiro atoms. The van der Waals surface area contributed by atoms with Crippen molar-refractivity contribution in [2.45, 2.75) is 34.8 Å². The molecule has 6 rings (SSSR count). The Morgan fingerprint density at radius 3 is 2.77 bits per heavy atom. The normalized spacial score (nSPS) is 11.7. The Kier molecular flexibility index (Phi) is 5.75. The van der Waals surface area contributed by atoms with Crippen molar-refractivity contribution in [2.24, 2.45) is 0 Å². The molecule has 0 bridgehead atoms. The number of hydrogen-bond donors (Lipinski definition) is 0. The molecule has 0 aliphatic heterocycles. The molecule has 0 aliphatic rings. The molecule has 0 amide bonds. The van der Waals surface area contributed by atoms with Gasteiger partial charge >= 0.3 is 5.63 Å². The highest BCUT2D eigenvalue weighted by Crippen LogP contribution is 2.32. The maximum Gasteiger partial charge on any atom is 0.336 e. The van der Waals surface area contributed by atoms with E-state index in [0.717, 1.165) is 42.5 Å². The molecule has 0 N–H and O–H groups in total. The molecule has 35 heavy (non-hydrogen) atoms. The quantitative estimate of drug-likeness (QED) is 0.162. The van der Waals surface area contributed by atoms with Gasteiger partial charge in [-0.3, -0.25) is 0 Å². The number of benzene rings is 2. The summed E-state index contributed by atoms with van der Waals surface area (Å²) in [5, 5.41) is 17.6. The van der Waals surface area contributed by atoms with Crippen LogP contribution in [0, 0.1) is 13.8 Å². The van der Waals surface area contributed by atoms with E-state index in [4.69, 9.17) is 4.42 Å². The van der Waals surface area contributed by atoms with E-state index in [0.29, 0.717) is 28.0 Å². The molecule has 0 saturated carbocycles. The molecule has 4 heterocycles. The summed E-state index contributed by atoms with van der Waals surface area (Å²) < 4.78 is 8.17. The van der Waals surface area contributed by atoms with Crippen LogP contribution in [0.25, 0.3) is 27.5 Å². The molecule has 8 nitrogen and oxygen atoms in total. The van der Waals surface area contributed by atoms with Crippen LogP contribution < -0.4 is 5.63 Å². The van der Waals surface area contributed by atoms with Crippen LogP contribution in [0.1, 0.15) is 22.0 Å². The van der Waals surface area contributed by atoms with Gasteiger partial charge in [0.2, 0.25) is 5.16 Å². The highest BCUT2D eigenvalue weighted by Gasteiger charge is 2.13. The first-order valence-electron chi connectivity index (χ1n) is 10.8. The summed E-state index contributed by atoms with van der Waals surface area (Å²) in [7, 11) is 0. The highest BCUT2D eigenvalue weighted by molar-refractivity contribution is 8.00. The maximum absolute atomic E-state index is 12.3. The lowest BCUT2D eigenvalue weighted by Gasteiger charge is -2.06. The first-order valence-corrected chi connectivity index (χ1v) is 13.6. The van der Waals surface area contributed by atoms with E-state index in [1.807, 2.05) is 50.2 Å². The summed E-state index contributed by atoms with van der Waals surface area (Å²) in [6.45, 7) is 3.93. The lowest BCUT2D eigenvalue weighted by atomic mass is 10.0. The third-order valence-corrected chi connectivity index (χ3v) is 8.58. The molecule has 0 saturated heterocycles. The number of rotatable bonds is 6. The Morgan fingerprint density at radius 1 is 0.971 bits per heavy atom. The van der Waals surface area contributed by atoms with Gasteiger partial charge in [0.15, 0.2) is 4.34 Å². The Balaban J connectivity index is 1.18. The summed E-state index contributed by atoms with van der Waals surface area (Å²) in [4.78, 5) is 21.2. The van der Waals surface area contributed by atoms with Gasteiger partial charge in [0.25, 0.3) is 5.78 Å². The Bertz CT molecular complexity index is 1770. The van der Waals surface area contributed by atoms with Crippen molar-refractivity contribution in [3.63, 3.8) is 0 Å². The Hall–Kier alpha value is -3.28. The van der Waals surface area contributed by atoms with E-state index in [-0.39, 0.29) is 5.63 Å². The van der Waals surface area contributed by atoms with Gasteiger partial charge < -0.3 is 4.42 Å². The maximum atomic E-state index is 12.3. The molecule has 174 valence electrons. The van der Waals surface area contributed by atoms with Gasteiger partial charge in [-0.25, -0.2) is 14.3 Å². The van der Waals surface area contributed by atoms with Crippen molar-refractivity contribution in [3.05, 3.63) is 80.9 Å². The standard InChI is InChI=1S/C24H18N6O2S3/c1-13-9-14(2)30-22(25-13)26-23(29-30)33-12-19-27-28-24(35-19)34-11-16-10-20(31)32-21-17-6-4-3-5-15(17)7-8-18(16)21/h3-10H,11-12H2,1-2H3. The zero-order valence-electron chi connectivity index (χ0n) is 18.8. The first-order chi connectivity index (χ1) is 17.0. The molecule has 6 aromatic rings. The fraction of sp³-hybridized carbons (Fsp3) is 0.167. The monoisotopic (exact) mass is 518 g/mol. The van der Waals surface area contributed by atoms with Crippen molar-refractivity contribution in [1.29, 1.82) is 0 Å². The highest BCUT2D eigenvalue weighted by atomic mass is 32.2. The summed E-state index contributed by atoms with van der Waals surface area (Å²) in [6.07, 6.45) is 0. The van der Waals surface area contributed by atoms with E-state index in [1.165, 1.54) is 23.1 Å². The number of hydrogen-bond acceptors (Lipinski definition) is 10. The van der Waals surface area contributed by atoms with E-state index in [1.54, 1.807) is 22.3 Å². The fourth-order valence-electron chi connectivity index (χ4n) is 3.91. The van der Waals surface area contributed by atoms with Gasteiger partial charge in [-0.1, -0.05) is 71.3 Å². The third kappa shape index (κ3) is 4.42. The van der Waals surface area contributed by atoms with E-state index >= 15 is 0 Å². The van der Waals surface area contributed by atoms with Gasteiger partial charge in [-0.2, -0.15) is 4.98 Å². The van der Waals surface area contributed by atoms with Crippen LogP contribution in [0.3, 0.4) is 0 Å². The molecular formula is C24H18N6O2S3. The van der Waals surface area contributed by atoms with Crippen LogP contribution in [-0.4, -0.2) is 29.8 Å². The molecule has 0 atom stereocenters. The predicted molar refractivity (Wildman–Crippen MR) is 139 cm³/mol. The van der Waals surface area contributed by atoms with Crippen molar-refractivity contribution in [2.75, 3.05) is 0 Å². The number of thioether (sulfide) groups is 2. The minimum atomic E-state index is -0.348. The zero-order chi connectivity index (χ0) is 23.9. The molecule has 0 unspecified atom stereocenters. The van der Waals surface area contributed by atoms with Gasteiger partial charge in [-0.05, 0) is 30.9 Å². The molecule has 0 radical (unpaired) electrons. The van der Waals surface area contributed by atoms with E-state index in [9.17, 15) is 4.79 Å². The summed E-state index contributed by atoms with van der Waals surface area (Å²) in [5.41, 5.74) is 3.11. The Morgan fingerprint density at radius 2 is 1.86 bits per heavy atom. The molecule has 4 aromatic heterocycles. The molecule has 0 fully saturated rings. The number of fused-ring (bicyclic) bond motifs is 4. The van der Waals surface area contributed by atoms with Crippen LogP contribution in [0.15, 0.2) is 67.2 Å². The van der Waals surface area contributed by atoms with Crippen molar-refractivity contribution < 1.29 is 4.42 Å². The minimum Gasteiger partial charge on any atom is -0.422 e. The molecule has 11 heteroatoms. The minimum absolute atomic E-state index is 0.348. The largest absolute Gasteiger partial charge is 0.422 e. The summed E-state index contributed by atoms with van der Waals surface area (Å²) in [5.74, 6) is 1.82. The summed E-state index contributed by atoms with van der Waals surface area (Å²) in [6, 6.07) is 15.5. The molecule has 0 aliphatic carbocycles. The van der Waals surface area contributed by atoms with E-state index in [2.05, 4.69) is 31.3 Å². The smallest absolute Gasteiger partial charge is 0.336 e. The summed E-state index contributed by atoms with van der Waals surface area (Å²) >= 11 is 4.61. The van der Waals surface area contributed by atoms with E-state index < -0.39 is 0 Å². The van der Waals surface area contributed by atoms with Crippen molar-refractivity contribution in [1.82, 2.24) is 29.8 Å². The average molecular weight is 519 g/mol. The fourth-order valence-corrected chi connectivity index (χ4v) is 6.60. The van der Waals surface area contributed by atoms with Crippen LogP contribution >= 0.6 is 34.9 Å². The predicted octanol–water partition coefficient (Wildman–Crippen LogP) is 5.44. The number of nitrogens with zero attached hydrogens (tertiary/aromatic N) is 6. The van der Waals surface area contributed by atoms with Crippen LogP contribution in [-0.2, 0) is 11.5 Å². The second-order valence-electron chi connectivity index (χ2n) is 7.94. The SMILES string of the molecule is Cc1cc(C)n2nc(SCc3nnc(SCc4cc(=O)oc5c4ccc4ccccc45)s3)nc2n1. The first kappa shape index (κ1) is 22.2. The van der Waals surface area contributed by atoms with Gasteiger partial charge in [0.1, 0.15) is 10.6 Å². The number of aryl methyl sites for hydroxylation is 2. The zero-order valence-corrected chi connectivity index (χ0v) is 21.2. The van der Waals surface area contributed by atoms with Crippen LogP contribution in [0.2, 0.25) is 0 Å². The van der Waals surface area contributed by atoms with Gasteiger partial charge in [-0.15, -0.1) is 15.3 Å². The van der Waals surface area contributed by atoms with Crippen molar-refractivity contribution in [3.8, 4) is 0 Å². The molecular weight excluding hydrogens is 501 g/mol. The van der Waals surface area contributed by atoms with Crippen LogP contribution in [0.4, 0.5) is 0 Å². The average Bonchev–Trinajstić information content (AvgIpc) is 3.48. The molecule has 2 aromatic carbocycles. The lowest BCUT2D eigenvalue weighted by Crippen LogP contribution is -2.00. The second kappa shape index (κ2) is 9.06.